The van der Waals surface area contributed by atoms with Gasteiger partial charge < -0.3 is 9.88 Å². The number of aryl methyl sites for hydroxylation is 2. The molecule has 0 aliphatic carbocycles. The molecule has 1 N–H and O–H groups in total. The molecule has 0 saturated carbocycles. The number of pyridine rings is 1. The van der Waals surface area contributed by atoms with E-state index in [0.29, 0.717) is 18.7 Å². The number of hydrogen-bond donors (Lipinski definition) is 1. The van der Waals surface area contributed by atoms with E-state index in [9.17, 15) is 4.79 Å². The highest BCUT2D eigenvalue weighted by atomic mass is 16.1. The first-order valence-electron chi connectivity index (χ1n) is 10.7. The van der Waals surface area contributed by atoms with Crippen LogP contribution < -0.4 is 5.32 Å². The largest absolute Gasteiger partial charge is 0.350 e. The van der Waals surface area contributed by atoms with Crippen molar-refractivity contribution in [3.05, 3.63) is 94.1 Å². The van der Waals surface area contributed by atoms with Crippen LogP contribution in [0, 0.1) is 27.7 Å². The van der Waals surface area contributed by atoms with Crippen LogP contribution in [-0.4, -0.2) is 27.0 Å². The summed E-state index contributed by atoms with van der Waals surface area (Å²) in [7, 11) is 0. The number of hydrogen-bond acceptors (Lipinski definition) is 3. The van der Waals surface area contributed by atoms with Gasteiger partial charge in [0.1, 0.15) is 11.5 Å². The van der Waals surface area contributed by atoms with Crippen LogP contribution in [0.2, 0.25) is 0 Å². The summed E-state index contributed by atoms with van der Waals surface area (Å²) in [5.41, 5.74) is 9.15. The fourth-order valence-corrected chi connectivity index (χ4v) is 4.06. The molecule has 4 aromatic rings. The summed E-state index contributed by atoms with van der Waals surface area (Å²) in [6.45, 7) is 10.0. The second-order valence-electron chi connectivity index (χ2n) is 8.06. The van der Waals surface area contributed by atoms with E-state index in [-0.39, 0.29) is 5.91 Å². The number of amides is 1. The van der Waals surface area contributed by atoms with E-state index < -0.39 is 0 Å². The van der Waals surface area contributed by atoms with Crippen LogP contribution in [0.3, 0.4) is 0 Å². The molecule has 2 heterocycles. The van der Waals surface area contributed by atoms with Gasteiger partial charge in [0.25, 0.3) is 5.91 Å². The Kier molecular flexibility index (Phi) is 5.85. The lowest BCUT2D eigenvalue weighted by molar-refractivity contribution is 0.0949. The van der Waals surface area contributed by atoms with Crippen LogP contribution in [0.4, 0.5) is 0 Å². The number of carbonyl (C=O) groups is 1. The summed E-state index contributed by atoms with van der Waals surface area (Å²) in [6.07, 6.45) is 2.28. The fourth-order valence-electron chi connectivity index (χ4n) is 4.06. The van der Waals surface area contributed by atoms with Crippen LogP contribution in [0.25, 0.3) is 11.0 Å². The predicted octanol–water partition coefficient (Wildman–Crippen LogP) is 4.69. The van der Waals surface area contributed by atoms with Gasteiger partial charge in [0, 0.05) is 25.7 Å². The average Bonchev–Trinajstić information content (AvgIpc) is 3.13. The Bertz CT molecular complexity index is 1220. The van der Waals surface area contributed by atoms with Gasteiger partial charge in [0.15, 0.2) is 0 Å². The molecule has 0 atom stereocenters. The van der Waals surface area contributed by atoms with Crippen molar-refractivity contribution < 1.29 is 4.79 Å². The number of nitrogens with zero attached hydrogens (tertiary/aromatic N) is 3. The number of fused-ring (bicyclic) bond motifs is 1. The standard InChI is InChI=1S/C26H28N4O/c1-17-15-18(2)20(4)21(19(17)3)16-30-24-11-6-5-9-22(24)29-25(30)12-14-28-26(31)23-10-7-8-13-27-23/h5-11,13,15H,12,14,16H2,1-4H3,(H,28,31). The van der Waals surface area contributed by atoms with Crippen molar-refractivity contribution in [3.63, 3.8) is 0 Å². The van der Waals surface area contributed by atoms with Crippen LogP contribution >= 0.6 is 0 Å². The maximum Gasteiger partial charge on any atom is 0.269 e. The molecule has 5 heteroatoms. The number of carbonyl (C=O) groups excluding carboxylic acids is 1. The Hall–Kier alpha value is -3.47. The van der Waals surface area contributed by atoms with Crippen molar-refractivity contribution in [2.45, 2.75) is 40.7 Å². The first-order valence-corrected chi connectivity index (χ1v) is 10.7. The van der Waals surface area contributed by atoms with Gasteiger partial charge in [-0.25, -0.2) is 4.98 Å². The topological polar surface area (TPSA) is 59.8 Å². The Morgan fingerprint density at radius 3 is 2.39 bits per heavy atom. The van der Waals surface area contributed by atoms with Crippen LogP contribution in [-0.2, 0) is 13.0 Å². The SMILES string of the molecule is Cc1cc(C)c(C)c(Cn2c(CCNC(=O)c3ccccn3)nc3ccccc32)c1C. The fraction of sp³-hybridized carbons (Fsp3) is 0.269. The second kappa shape index (κ2) is 8.72. The molecule has 0 fully saturated rings. The lowest BCUT2D eigenvalue weighted by atomic mass is 9.94. The number of aromatic nitrogens is 3. The van der Waals surface area contributed by atoms with Crippen molar-refractivity contribution in [1.29, 1.82) is 0 Å². The van der Waals surface area contributed by atoms with Crippen molar-refractivity contribution in [1.82, 2.24) is 19.9 Å². The molecule has 31 heavy (non-hydrogen) atoms. The van der Waals surface area contributed by atoms with Gasteiger partial charge >= 0.3 is 0 Å². The molecule has 0 aliphatic rings. The summed E-state index contributed by atoms with van der Waals surface area (Å²) in [6, 6.07) is 15.8. The number of benzene rings is 2. The van der Waals surface area contributed by atoms with E-state index in [2.05, 4.69) is 54.7 Å². The molecule has 2 aromatic heterocycles. The number of rotatable bonds is 6. The summed E-state index contributed by atoms with van der Waals surface area (Å²) >= 11 is 0. The van der Waals surface area contributed by atoms with E-state index >= 15 is 0 Å². The molecule has 0 unspecified atom stereocenters. The Morgan fingerprint density at radius 2 is 1.68 bits per heavy atom. The molecular weight excluding hydrogens is 384 g/mol. The summed E-state index contributed by atoms with van der Waals surface area (Å²) in [5, 5.41) is 2.97. The summed E-state index contributed by atoms with van der Waals surface area (Å²) in [5.74, 6) is 0.810. The Labute approximate surface area is 183 Å². The minimum absolute atomic E-state index is 0.163. The number of nitrogens with one attached hydrogen (secondary N) is 1. The molecule has 0 radical (unpaired) electrons. The highest BCUT2D eigenvalue weighted by Crippen LogP contribution is 2.25. The average molecular weight is 413 g/mol. The van der Waals surface area contributed by atoms with Crippen molar-refractivity contribution in [2.75, 3.05) is 6.54 Å². The molecular formula is C26H28N4O. The molecule has 0 saturated heterocycles. The molecule has 0 spiro atoms. The highest BCUT2D eigenvalue weighted by molar-refractivity contribution is 5.92. The van der Waals surface area contributed by atoms with E-state index in [4.69, 9.17) is 4.98 Å². The minimum Gasteiger partial charge on any atom is -0.350 e. The molecule has 0 bridgehead atoms. The zero-order chi connectivity index (χ0) is 22.0. The van der Waals surface area contributed by atoms with Gasteiger partial charge in [-0.15, -0.1) is 0 Å². The molecule has 1 amide bonds. The molecule has 158 valence electrons. The van der Waals surface area contributed by atoms with Crippen molar-refractivity contribution in [3.8, 4) is 0 Å². The zero-order valence-corrected chi connectivity index (χ0v) is 18.6. The van der Waals surface area contributed by atoms with Crippen molar-refractivity contribution >= 4 is 16.9 Å². The smallest absolute Gasteiger partial charge is 0.269 e. The van der Waals surface area contributed by atoms with Gasteiger partial charge in [-0.1, -0.05) is 24.3 Å². The Balaban J connectivity index is 1.62. The second-order valence-corrected chi connectivity index (χ2v) is 8.06. The number of para-hydroxylation sites is 2. The molecule has 4 rings (SSSR count). The molecule has 2 aromatic carbocycles. The van der Waals surface area contributed by atoms with Gasteiger partial charge in [-0.05, 0) is 79.8 Å². The van der Waals surface area contributed by atoms with Gasteiger partial charge in [0.05, 0.1) is 11.0 Å². The number of imidazole rings is 1. The first-order chi connectivity index (χ1) is 15.0. The van der Waals surface area contributed by atoms with Gasteiger partial charge in [-0.3, -0.25) is 9.78 Å². The predicted molar refractivity (Wildman–Crippen MR) is 124 cm³/mol. The van der Waals surface area contributed by atoms with E-state index in [1.165, 1.54) is 27.8 Å². The summed E-state index contributed by atoms with van der Waals surface area (Å²) < 4.78 is 2.29. The monoisotopic (exact) mass is 412 g/mol. The Morgan fingerprint density at radius 1 is 0.968 bits per heavy atom. The third-order valence-corrected chi connectivity index (χ3v) is 6.10. The maximum atomic E-state index is 12.3. The van der Waals surface area contributed by atoms with E-state index in [1.807, 2.05) is 24.3 Å². The highest BCUT2D eigenvalue weighted by Gasteiger charge is 2.15. The molecule has 5 nitrogen and oxygen atoms in total. The van der Waals surface area contributed by atoms with Gasteiger partial charge in [0.2, 0.25) is 0 Å². The van der Waals surface area contributed by atoms with Crippen LogP contribution in [0.1, 0.15) is 44.1 Å². The van der Waals surface area contributed by atoms with Crippen LogP contribution in [0.5, 0.6) is 0 Å². The summed E-state index contributed by atoms with van der Waals surface area (Å²) in [4.78, 5) is 21.3. The van der Waals surface area contributed by atoms with Crippen molar-refractivity contribution in [2.24, 2.45) is 0 Å². The van der Waals surface area contributed by atoms with Gasteiger partial charge in [-0.2, -0.15) is 0 Å². The quantitative estimate of drug-likeness (QED) is 0.500. The lowest BCUT2D eigenvalue weighted by Crippen LogP contribution is -2.27. The minimum atomic E-state index is -0.163. The third-order valence-electron chi connectivity index (χ3n) is 6.10. The normalized spacial score (nSPS) is 11.1. The molecule has 0 aliphatic heterocycles. The third kappa shape index (κ3) is 4.22. The van der Waals surface area contributed by atoms with E-state index in [1.54, 1.807) is 18.3 Å². The van der Waals surface area contributed by atoms with Crippen LogP contribution in [0.15, 0.2) is 54.7 Å². The first kappa shape index (κ1) is 20.8. The lowest BCUT2D eigenvalue weighted by Gasteiger charge is -2.18. The van der Waals surface area contributed by atoms with E-state index in [0.717, 1.165) is 23.4 Å². The maximum absolute atomic E-state index is 12.3. The zero-order valence-electron chi connectivity index (χ0n) is 18.6.